The highest BCUT2D eigenvalue weighted by molar-refractivity contribution is 7.19. The monoisotopic (exact) mass is 421 g/mol. The van der Waals surface area contributed by atoms with Crippen molar-refractivity contribution in [1.29, 1.82) is 0 Å². The van der Waals surface area contributed by atoms with E-state index < -0.39 is 0 Å². The Labute approximate surface area is 182 Å². The highest BCUT2D eigenvalue weighted by atomic mass is 32.1. The molecule has 0 fully saturated rings. The summed E-state index contributed by atoms with van der Waals surface area (Å²) in [4.78, 5) is 6.31. The first kappa shape index (κ1) is 21.0. The van der Waals surface area contributed by atoms with Crippen LogP contribution in [0.3, 0.4) is 0 Å². The number of fused-ring (bicyclic) bond motifs is 2. The van der Waals surface area contributed by atoms with Crippen LogP contribution in [0, 0.1) is 20.8 Å². The number of hydrogen-bond acceptors (Lipinski definition) is 4. The Morgan fingerprint density at radius 3 is 2.67 bits per heavy atom. The van der Waals surface area contributed by atoms with Gasteiger partial charge in [-0.1, -0.05) is 38.0 Å². The summed E-state index contributed by atoms with van der Waals surface area (Å²) in [6.07, 6.45) is 5.66. The zero-order valence-electron chi connectivity index (χ0n) is 18.7. The standard InChI is InChI=1S/C25H31N3OS/c1-6-7-8-10-20-15-16(2)27-28-23(17(3)26-25(20)28)22-18(4)30-24-19(13-14-29-5)11-9-12-21(22)24/h9,11-12,15H,6-8,10,13-14H2,1-5H3. The lowest BCUT2D eigenvalue weighted by atomic mass is 10.0. The van der Waals surface area contributed by atoms with Crippen molar-refractivity contribution in [1.82, 2.24) is 14.6 Å². The number of aryl methyl sites for hydroxylation is 4. The molecule has 0 N–H and O–H groups in total. The van der Waals surface area contributed by atoms with Gasteiger partial charge >= 0.3 is 0 Å². The molecule has 3 aromatic heterocycles. The third-order valence-electron chi connectivity index (χ3n) is 5.79. The second-order valence-corrected chi connectivity index (χ2v) is 9.34. The molecule has 1 aromatic carbocycles. The van der Waals surface area contributed by atoms with Gasteiger partial charge in [0.2, 0.25) is 0 Å². The summed E-state index contributed by atoms with van der Waals surface area (Å²) in [5, 5.41) is 6.20. The molecular weight excluding hydrogens is 390 g/mol. The molecule has 4 rings (SSSR count). The van der Waals surface area contributed by atoms with Crippen LogP contribution in [0.4, 0.5) is 0 Å². The maximum atomic E-state index is 5.33. The summed E-state index contributed by atoms with van der Waals surface area (Å²) in [7, 11) is 1.76. The van der Waals surface area contributed by atoms with Crippen molar-refractivity contribution in [2.45, 2.75) is 59.8 Å². The molecule has 4 nitrogen and oxygen atoms in total. The molecule has 0 aliphatic rings. The minimum atomic E-state index is 0.738. The number of aromatic nitrogens is 3. The Hall–Kier alpha value is -2.24. The lowest BCUT2D eigenvalue weighted by Crippen LogP contribution is -2.02. The molecule has 158 valence electrons. The van der Waals surface area contributed by atoms with E-state index in [0.717, 1.165) is 42.2 Å². The summed E-state index contributed by atoms with van der Waals surface area (Å²) in [6, 6.07) is 8.83. The molecule has 0 atom stereocenters. The molecule has 0 radical (unpaired) electrons. The number of hydrogen-bond donors (Lipinski definition) is 0. The van der Waals surface area contributed by atoms with E-state index in [1.165, 1.54) is 50.9 Å². The van der Waals surface area contributed by atoms with Crippen LogP contribution < -0.4 is 0 Å². The smallest absolute Gasteiger partial charge is 0.157 e. The molecule has 30 heavy (non-hydrogen) atoms. The fraction of sp³-hybridized carbons (Fsp3) is 0.440. The van der Waals surface area contributed by atoms with Gasteiger partial charge in [-0.25, -0.2) is 9.50 Å². The Balaban J connectivity index is 1.91. The molecule has 0 saturated carbocycles. The Kier molecular flexibility index (Phi) is 6.21. The largest absolute Gasteiger partial charge is 0.384 e. The molecule has 0 aliphatic heterocycles. The average Bonchev–Trinajstić information content (AvgIpc) is 3.22. The van der Waals surface area contributed by atoms with E-state index >= 15 is 0 Å². The van der Waals surface area contributed by atoms with E-state index in [1.54, 1.807) is 7.11 Å². The first-order chi connectivity index (χ1) is 14.5. The number of methoxy groups -OCH3 is 1. The number of benzene rings is 1. The summed E-state index contributed by atoms with van der Waals surface area (Å²) in [5.74, 6) is 0. The second-order valence-electron chi connectivity index (χ2n) is 8.12. The van der Waals surface area contributed by atoms with Gasteiger partial charge in [0, 0.05) is 27.6 Å². The van der Waals surface area contributed by atoms with Gasteiger partial charge < -0.3 is 4.74 Å². The average molecular weight is 422 g/mol. The third kappa shape index (κ3) is 3.77. The van der Waals surface area contributed by atoms with Crippen molar-refractivity contribution in [2.24, 2.45) is 0 Å². The van der Waals surface area contributed by atoms with E-state index in [1.807, 2.05) is 11.3 Å². The quantitative estimate of drug-likeness (QED) is 0.307. The number of unbranched alkanes of at least 4 members (excludes halogenated alkanes) is 2. The SMILES string of the molecule is CCCCCc1cc(C)nn2c(-c3c(C)sc4c(CCOC)cccc34)c(C)nc12. The van der Waals surface area contributed by atoms with Gasteiger partial charge in [0.15, 0.2) is 5.65 Å². The van der Waals surface area contributed by atoms with E-state index in [2.05, 4.69) is 56.5 Å². The molecule has 5 heteroatoms. The van der Waals surface area contributed by atoms with E-state index in [0.29, 0.717) is 0 Å². The van der Waals surface area contributed by atoms with Gasteiger partial charge in [0.25, 0.3) is 0 Å². The number of imidazole rings is 1. The minimum absolute atomic E-state index is 0.738. The fourth-order valence-corrected chi connectivity index (χ4v) is 5.56. The number of thiophene rings is 1. The first-order valence-electron chi connectivity index (χ1n) is 10.9. The van der Waals surface area contributed by atoms with Crippen molar-refractivity contribution in [3.63, 3.8) is 0 Å². The minimum Gasteiger partial charge on any atom is -0.384 e. The van der Waals surface area contributed by atoms with E-state index in [9.17, 15) is 0 Å². The number of rotatable bonds is 8. The summed E-state index contributed by atoms with van der Waals surface area (Å²) >= 11 is 1.87. The zero-order valence-corrected chi connectivity index (χ0v) is 19.5. The van der Waals surface area contributed by atoms with E-state index in [4.69, 9.17) is 14.8 Å². The van der Waals surface area contributed by atoms with Crippen molar-refractivity contribution >= 4 is 27.1 Å². The molecule has 3 heterocycles. The van der Waals surface area contributed by atoms with Crippen LogP contribution in [-0.4, -0.2) is 28.3 Å². The molecule has 4 aromatic rings. The van der Waals surface area contributed by atoms with Crippen LogP contribution in [0.25, 0.3) is 27.0 Å². The van der Waals surface area contributed by atoms with Crippen LogP contribution in [0.15, 0.2) is 24.3 Å². The fourth-order valence-electron chi connectivity index (χ4n) is 4.36. The highest BCUT2D eigenvalue weighted by Crippen LogP contribution is 2.41. The lowest BCUT2D eigenvalue weighted by Gasteiger charge is -2.08. The van der Waals surface area contributed by atoms with Gasteiger partial charge in [-0.2, -0.15) is 5.10 Å². The van der Waals surface area contributed by atoms with Gasteiger partial charge in [-0.05, 0) is 57.2 Å². The Bertz CT molecular complexity index is 1190. The summed E-state index contributed by atoms with van der Waals surface area (Å²) in [6.45, 7) is 9.41. The number of nitrogens with zero attached hydrogens (tertiary/aromatic N) is 3. The van der Waals surface area contributed by atoms with Crippen LogP contribution >= 0.6 is 11.3 Å². The molecule has 0 amide bonds. The van der Waals surface area contributed by atoms with Crippen molar-refractivity contribution in [3.05, 3.63) is 51.7 Å². The van der Waals surface area contributed by atoms with Gasteiger partial charge in [0.1, 0.15) is 0 Å². The molecule has 0 spiro atoms. The molecule has 0 aliphatic carbocycles. The maximum Gasteiger partial charge on any atom is 0.157 e. The van der Waals surface area contributed by atoms with Gasteiger partial charge in [-0.3, -0.25) is 0 Å². The van der Waals surface area contributed by atoms with Crippen LogP contribution in [0.5, 0.6) is 0 Å². The Morgan fingerprint density at radius 2 is 1.90 bits per heavy atom. The Morgan fingerprint density at radius 1 is 1.07 bits per heavy atom. The van der Waals surface area contributed by atoms with Crippen LogP contribution in [-0.2, 0) is 17.6 Å². The molecular formula is C25H31N3OS. The van der Waals surface area contributed by atoms with Crippen molar-refractivity contribution in [2.75, 3.05) is 13.7 Å². The van der Waals surface area contributed by atoms with Crippen molar-refractivity contribution < 1.29 is 4.74 Å². The summed E-state index contributed by atoms with van der Waals surface area (Å²) < 4.78 is 8.78. The van der Waals surface area contributed by atoms with Crippen molar-refractivity contribution in [3.8, 4) is 11.3 Å². The second kappa shape index (κ2) is 8.86. The van der Waals surface area contributed by atoms with Crippen LogP contribution in [0.2, 0.25) is 0 Å². The highest BCUT2D eigenvalue weighted by Gasteiger charge is 2.21. The van der Waals surface area contributed by atoms with Crippen LogP contribution in [0.1, 0.15) is 53.6 Å². The molecule has 0 bridgehead atoms. The predicted octanol–water partition coefficient (Wildman–Crippen LogP) is 6.46. The van der Waals surface area contributed by atoms with Gasteiger partial charge in [-0.15, -0.1) is 11.3 Å². The van der Waals surface area contributed by atoms with Gasteiger partial charge in [0.05, 0.1) is 23.7 Å². The number of ether oxygens (including phenoxy) is 1. The maximum absolute atomic E-state index is 5.33. The topological polar surface area (TPSA) is 39.4 Å². The lowest BCUT2D eigenvalue weighted by molar-refractivity contribution is 0.202. The molecule has 0 saturated heterocycles. The zero-order chi connectivity index (χ0) is 21.3. The first-order valence-corrected chi connectivity index (χ1v) is 11.7. The third-order valence-corrected chi connectivity index (χ3v) is 6.99. The molecule has 0 unspecified atom stereocenters. The normalized spacial score (nSPS) is 11.8. The van der Waals surface area contributed by atoms with E-state index in [-0.39, 0.29) is 0 Å². The summed E-state index contributed by atoms with van der Waals surface area (Å²) in [5.41, 5.74) is 8.18. The predicted molar refractivity (Wildman–Crippen MR) is 127 cm³/mol.